The molecule has 0 bridgehead atoms. The number of carbonyl (C=O) groups is 1. The molecule has 7 heteroatoms. The summed E-state index contributed by atoms with van der Waals surface area (Å²) >= 11 is 0.477. The van der Waals surface area contributed by atoms with Gasteiger partial charge < -0.3 is 10.6 Å². The SMILES string of the molecule is Cl.NC1CCCN(C(=O)c2ccc(SC(F)F)cc2)C1. The number of benzene rings is 1. The summed E-state index contributed by atoms with van der Waals surface area (Å²) in [6.07, 6.45) is 1.85. The van der Waals surface area contributed by atoms with Crippen molar-refractivity contribution in [2.24, 2.45) is 5.73 Å². The lowest BCUT2D eigenvalue weighted by Gasteiger charge is -2.30. The molecule has 1 heterocycles. The summed E-state index contributed by atoms with van der Waals surface area (Å²) in [6.45, 7) is 1.27. The maximum Gasteiger partial charge on any atom is 0.288 e. The second kappa shape index (κ2) is 7.81. The molecule has 1 amide bonds. The number of nitrogens with two attached hydrogens (primary N) is 1. The van der Waals surface area contributed by atoms with E-state index < -0.39 is 5.76 Å². The zero-order chi connectivity index (χ0) is 13.8. The number of hydrogen-bond acceptors (Lipinski definition) is 3. The third-order valence-corrected chi connectivity index (χ3v) is 3.79. The Labute approximate surface area is 127 Å². The van der Waals surface area contributed by atoms with Crippen LogP contribution in [0.1, 0.15) is 23.2 Å². The van der Waals surface area contributed by atoms with Crippen LogP contribution in [-0.4, -0.2) is 35.7 Å². The largest absolute Gasteiger partial charge is 0.337 e. The van der Waals surface area contributed by atoms with Crippen LogP contribution in [0, 0.1) is 0 Å². The van der Waals surface area contributed by atoms with Crippen molar-refractivity contribution < 1.29 is 13.6 Å². The molecule has 0 saturated carbocycles. The van der Waals surface area contributed by atoms with E-state index in [-0.39, 0.29) is 24.4 Å². The molecule has 2 N–H and O–H groups in total. The lowest BCUT2D eigenvalue weighted by molar-refractivity contribution is 0.0709. The van der Waals surface area contributed by atoms with Crippen molar-refractivity contribution in [3.63, 3.8) is 0 Å². The molecular formula is C13H17ClF2N2OS. The Hall–Kier alpha value is -0.850. The second-order valence-corrected chi connectivity index (χ2v) is 5.62. The van der Waals surface area contributed by atoms with E-state index in [1.807, 2.05) is 0 Å². The van der Waals surface area contributed by atoms with Crippen molar-refractivity contribution in [3.8, 4) is 0 Å². The summed E-state index contributed by atoms with van der Waals surface area (Å²) in [5, 5.41) is 0. The molecule has 2 rings (SSSR count). The van der Waals surface area contributed by atoms with Crippen molar-refractivity contribution >= 4 is 30.1 Å². The normalized spacial score (nSPS) is 18.8. The van der Waals surface area contributed by atoms with Crippen molar-refractivity contribution in [1.29, 1.82) is 0 Å². The molecule has 3 nitrogen and oxygen atoms in total. The summed E-state index contributed by atoms with van der Waals surface area (Å²) < 4.78 is 24.4. The molecule has 0 aliphatic carbocycles. The van der Waals surface area contributed by atoms with Crippen molar-refractivity contribution in [2.45, 2.75) is 29.5 Å². The number of piperidine rings is 1. The first kappa shape index (κ1) is 17.2. The van der Waals surface area contributed by atoms with E-state index in [9.17, 15) is 13.6 Å². The smallest absolute Gasteiger partial charge is 0.288 e. The van der Waals surface area contributed by atoms with Gasteiger partial charge in [-0.3, -0.25) is 4.79 Å². The van der Waals surface area contributed by atoms with Gasteiger partial charge in [0, 0.05) is 29.6 Å². The van der Waals surface area contributed by atoms with Crippen LogP contribution in [0.2, 0.25) is 0 Å². The monoisotopic (exact) mass is 322 g/mol. The van der Waals surface area contributed by atoms with E-state index in [0.29, 0.717) is 35.3 Å². The number of likely N-dealkylation sites (tertiary alicyclic amines) is 1. The summed E-state index contributed by atoms with van der Waals surface area (Å²) in [4.78, 5) is 14.4. The maximum absolute atomic E-state index is 12.2. The number of amides is 1. The predicted molar refractivity (Wildman–Crippen MR) is 78.7 cm³/mol. The number of rotatable bonds is 3. The first-order valence-corrected chi connectivity index (χ1v) is 7.04. The molecule has 0 radical (unpaired) electrons. The van der Waals surface area contributed by atoms with Gasteiger partial charge in [0.2, 0.25) is 0 Å². The fraction of sp³-hybridized carbons (Fsp3) is 0.462. The molecular weight excluding hydrogens is 306 g/mol. The molecule has 1 aliphatic heterocycles. The van der Waals surface area contributed by atoms with Gasteiger partial charge in [-0.25, -0.2) is 0 Å². The molecule has 1 atom stereocenters. The molecule has 1 aromatic rings. The van der Waals surface area contributed by atoms with Crippen LogP contribution in [0.4, 0.5) is 8.78 Å². The van der Waals surface area contributed by atoms with E-state index in [1.54, 1.807) is 29.2 Å². The highest BCUT2D eigenvalue weighted by molar-refractivity contribution is 7.99. The van der Waals surface area contributed by atoms with Gasteiger partial charge in [-0.15, -0.1) is 12.4 Å². The molecule has 20 heavy (non-hydrogen) atoms. The Bertz CT molecular complexity index is 445. The van der Waals surface area contributed by atoms with Crippen LogP contribution >= 0.6 is 24.2 Å². The first-order valence-electron chi connectivity index (χ1n) is 6.16. The minimum atomic E-state index is -2.44. The van der Waals surface area contributed by atoms with Crippen LogP contribution in [0.25, 0.3) is 0 Å². The topological polar surface area (TPSA) is 46.3 Å². The molecule has 1 aliphatic rings. The first-order chi connectivity index (χ1) is 9.06. The van der Waals surface area contributed by atoms with E-state index >= 15 is 0 Å². The lowest BCUT2D eigenvalue weighted by Crippen LogP contribution is -2.45. The highest BCUT2D eigenvalue weighted by Gasteiger charge is 2.22. The average molecular weight is 323 g/mol. The van der Waals surface area contributed by atoms with Crippen LogP contribution in [0.3, 0.4) is 0 Å². The van der Waals surface area contributed by atoms with Crippen molar-refractivity contribution in [3.05, 3.63) is 29.8 Å². The lowest BCUT2D eigenvalue weighted by atomic mass is 10.1. The second-order valence-electron chi connectivity index (χ2n) is 4.56. The minimum absolute atomic E-state index is 0. The molecule has 1 unspecified atom stereocenters. The fourth-order valence-corrected chi connectivity index (χ4v) is 2.65. The Morgan fingerprint density at radius 2 is 2.00 bits per heavy atom. The Morgan fingerprint density at radius 3 is 2.55 bits per heavy atom. The van der Waals surface area contributed by atoms with Gasteiger partial charge in [0.05, 0.1) is 0 Å². The molecule has 0 aromatic heterocycles. The van der Waals surface area contributed by atoms with E-state index in [2.05, 4.69) is 0 Å². The van der Waals surface area contributed by atoms with E-state index in [0.717, 1.165) is 12.8 Å². The van der Waals surface area contributed by atoms with Gasteiger partial charge in [-0.1, -0.05) is 11.8 Å². The van der Waals surface area contributed by atoms with E-state index in [1.165, 1.54) is 0 Å². The predicted octanol–water partition coefficient (Wildman–Crippen LogP) is 2.99. The van der Waals surface area contributed by atoms with Gasteiger partial charge in [0.15, 0.2) is 0 Å². The zero-order valence-electron chi connectivity index (χ0n) is 10.8. The van der Waals surface area contributed by atoms with Crippen LogP contribution in [-0.2, 0) is 0 Å². The van der Waals surface area contributed by atoms with Crippen molar-refractivity contribution in [2.75, 3.05) is 13.1 Å². The number of carbonyl (C=O) groups excluding carboxylic acids is 1. The van der Waals surface area contributed by atoms with Gasteiger partial charge in [-0.05, 0) is 37.1 Å². The number of hydrogen-bond donors (Lipinski definition) is 1. The maximum atomic E-state index is 12.2. The number of thioether (sulfide) groups is 1. The van der Waals surface area contributed by atoms with Crippen LogP contribution in [0.5, 0.6) is 0 Å². The molecule has 112 valence electrons. The highest BCUT2D eigenvalue weighted by Crippen LogP contribution is 2.25. The highest BCUT2D eigenvalue weighted by atomic mass is 35.5. The minimum Gasteiger partial charge on any atom is -0.337 e. The molecule has 1 fully saturated rings. The summed E-state index contributed by atoms with van der Waals surface area (Å²) in [5.74, 6) is -2.52. The van der Waals surface area contributed by atoms with Gasteiger partial charge >= 0.3 is 0 Å². The Kier molecular flexibility index (Phi) is 6.71. The Morgan fingerprint density at radius 1 is 1.35 bits per heavy atom. The molecule has 1 saturated heterocycles. The number of halogens is 3. The summed E-state index contributed by atoms with van der Waals surface area (Å²) in [7, 11) is 0. The third-order valence-electron chi connectivity index (χ3n) is 3.07. The third kappa shape index (κ3) is 4.61. The zero-order valence-corrected chi connectivity index (χ0v) is 12.4. The summed E-state index contributed by atoms with van der Waals surface area (Å²) in [5.41, 5.74) is 6.36. The van der Waals surface area contributed by atoms with Gasteiger partial charge in [-0.2, -0.15) is 8.78 Å². The standard InChI is InChI=1S/C13H16F2N2OS.ClH/c14-13(15)19-11-5-3-9(4-6-11)12(18)17-7-1-2-10(16)8-17;/h3-6,10,13H,1-2,7-8,16H2;1H. The van der Waals surface area contributed by atoms with Crippen molar-refractivity contribution in [1.82, 2.24) is 4.90 Å². The Balaban J connectivity index is 0.00000200. The molecule has 1 aromatic carbocycles. The molecule has 0 spiro atoms. The average Bonchev–Trinajstić information content (AvgIpc) is 2.38. The van der Waals surface area contributed by atoms with E-state index in [4.69, 9.17) is 5.73 Å². The fourth-order valence-electron chi connectivity index (χ4n) is 2.16. The summed E-state index contributed by atoms with van der Waals surface area (Å²) in [6, 6.07) is 6.31. The van der Waals surface area contributed by atoms with Crippen LogP contribution in [0.15, 0.2) is 29.2 Å². The van der Waals surface area contributed by atoms with Gasteiger partial charge in [0.25, 0.3) is 11.7 Å². The number of alkyl halides is 2. The van der Waals surface area contributed by atoms with Crippen LogP contribution < -0.4 is 5.73 Å². The van der Waals surface area contributed by atoms with Gasteiger partial charge in [0.1, 0.15) is 0 Å². The quantitative estimate of drug-likeness (QED) is 0.870. The number of nitrogens with zero attached hydrogens (tertiary/aromatic N) is 1.